The van der Waals surface area contributed by atoms with Crippen LogP contribution in [-0.2, 0) is 11.0 Å². The van der Waals surface area contributed by atoms with Gasteiger partial charge in [0, 0.05) is 5.38 Å². The first kappa shape index (κ1) is 15.4. The monoisotopic (exact) mass is 296 g/mol. The van der Waals surface area contributed by atoms with Crippen molar-refractivity contribution in [2.24, 2.45) is 0 Å². The van der Waals surface area contributed by atoms with Gasteiger partial charge in [0.25, 0.3) is 5.91 Å². The maximum absolute atomic E-state index is 12.3. The lowest BCUT2D eigenvalue weighted by molar-refractivity contribution is -0.139. The van der Waals surface area contributed by atoms with Crippen LogP contribution in [0.4, 0.5) is 13.2 Å². The van der Waals surface area contributed by atoms with E-state index in [2.05, 4.69) is 10.3 Å². The van der Waals surface area contributed by atoms with Gasteiger partial charge >= 0.3 is 12.1 Å². The molecule has 0 bridgehead atoms. The molecule has 0 aliphatic carbocycles. The Bertz CT molecular complexity index is 473. The van der Waals surface area contributed by atoms with Gasteiger partial charge in [0.1, 0.15) is 11.7 Å². The lowest BCUT2D eigenvalue weighted by Crippen LogP contribution is -2.40. The van der Waals surface area contributed by atoms with Crippen molar-refractivity contribution in [3.8, 4) is 0 Å². The number of carbonyl (C=O) groups is 2. The average molecular weight is 296 g/mol. The molecule has 106 valence electrons. The molecule has 19 heavy (non-hydrogen) atoms. The number of hydrogen-bond donors (Lipinski definition) is 2. The summed E-state index contributed by atoms with van der Waals surface area (Å²) in [5, 5.41) is 10.8. The zero-order valence-electron chi connectivity index (χ0n) is 9.82. The third kappa shape index (κ3) is 4.19. The summed E-state index contributed by atoms with van der Waals surface area (Å²) >= 11 is 0.289. The van der Waals surface area contributed by atoms with E-state index < -0.39 is 34.8 Å². The molecular formula is C10H11F3N2O3S. The predicted octanol–water partition coefficient (Wildman–Crippen LogP) is 2.14. The summed E-state index contributed by atoms with van der Waals surface area (Å²) in [5.41, 5.74) is -0.431. The van der Waals surface area contributed by atoms with Gasteiger partial charge in [-0.1, -0.05) is 13.3 Å². The minimum atomic E-state index is -4.61. The summed E-state index contributed by atoms with van der Waals surface area (Å²) < 4.78 is 36.9. The van der Waals surface area contributed by atoms with E-state index in [0.717, 1.165) is 5.38 Å². The molecule has 0 aromatic carbocycles. The number of nitrogens with one attached hydrogen (secondary N) is 1. The molecular weight excluding hydrogens is 285 g/mol. The fourth-order valence-corrected chi connectivity index (χ4v) is 1.95. The molecule has 1 unspecified atom stereocenters. The van der Waals surface area contributed by atoms with E-state index in [1.165, 1.54) is 0 Å². The lowest BCUT2D eigenvalue weighted by atomic mass is 10.1. The van der Waals surface area contributed by atoms with Gasteiger partial charge in [0.15, 0.2) is 5.01 Å². The van der Waals surface area contributed by atoms with Crippen LogP contribution in [0, 0.1) is 0 Å². The van der Waals surface area contributed by atoms with Crippen LogP contribution in [0.2, 0.25) is 0 Å². The van der Waals surface area contributed by atoms with Crippen LogP contribution < -0.4 is 5.32 Å². The maximum atomic E-state index is 12.3. The second kappa shape index (κ2) is 6.00. The average Bonchev–Trinajstić information content (AvgIpc) is 2.76. The van der Waals surface area contributed by atoms with Crippen LogP contribution in [-0.4, -0.2) is 28.0 Å². The number of nitrogens with zero attached hydrogens (tertiary/aromatic N) is 1. The number of aliphatic carboxylic acids is 1. The standard InChI is InChI=1S/C10H11F3N2O3S/c1-2-3-5(8(17)18)14-7(16)6-4-19-9(15-6)10(11,12)13/h4-5H,2-3H2,1H3,(H,14,16)(H,17,18). The highest BCUT2D eigenvalue weighted by molar-refractivity contribution is 7.09. The van der Waals surface area contributed by atoms with Crippen molar-refractivity contribution >= 4 is 23.2 Å². The molecule has 2 N–H and O–H groups in total. The van der Waals surface area contributed by atoms with Crippen molar-refractivity contribution in [2.75, 3.05) is 0 Å². The number of hydrogen-bond acceptors (Lipinski definition) is 4. The van der Waals surface area contributed by atoms with Crippen LogP contribution in [0.1, 0.15) is 35.3 Å². The van der Waals surface area contributed by atoms with Crippen molar-refractivity contribution in [3.63, 3.8) is 0 Å². The summed E-state index contributed by atoms with van der Waals surface area (Å²) in [6.07, 6.45) is -3.90. The first-order valence-corrected chi connectivity index (χ1v) is 6.20. The Balaban J connectivity index is 2.78. The van der Waals surface area contributed by atoms with Crippen LogP contribution >= 0.6 is 11.3 Å². The quantitative estimate of drug-likeness (QED) is 0.872. The van der Waals surface area contributed by atoms with Crippen LogP contribution in [0.5, 0.6) is 0 Å². The number of aromatic nitrogens is 1. The second-order valence-corrected chi connectivity index (χ2v) is 4.55. The number of amides is 1. The molecule has 0 saturated heterocycles. The Morgan fingerprint density at radius 1 is 1.53 bits per heavy atom. The summed E-state index contributed by atoms with van der Waals surface area (Å²) in [4.78, 5) is 25.5. The number of rotatable bonds is 5. The molecule has 9 heteroatoms. The summed E-state index contributed by atoms with van der Waals surface area (Å²) in [6, 6.07) is -1.13. The Labute approximate surface area is 110 Å². The van der Waals surface area contributed by atoms with E-state index in [9.17, 15) is 22.8 Å². The molecule has 0 radical (unpaired) electrons. The molecule has 0 aliphatic heterocycles. The topological polar surface area (TPSA) is 79.3 Å². The molecule has 0 saturated carbocycles. The molecule has 1 heterocycles. The van der Waals surface area contributed by atoms with Gasteiger partial charge in [0.2, 0.25) is 0 Å². The van der Waals surface area contributed by atoms with Gasteiger partial charge in [0.05, 0.1) is 0 Å². The third-order valence-corrected chi connectivity index (χ3v) is 3.05. The Hall–Kier alpha value is -1.64. The molecule has 1 aromatic heterocycles. The number of carbonyl (C=O) groups excluding carboxylic acids is 1. The summed E-state index contributed by atoms with van der Waals surface area (Å²) in [5.74, 6) is -2.16. The number of halogens is 3. The van der Waals surface area contributed by atoms with E-state index in [1.54, 1.807) is 6.92 Å². The van der Waals surface area contributed by atoms with E-state index in [0.29, 0.717) is 6.42 Å². The number of thiazole rings is 1. The van der Waals surface area contributed by atoms with E-state index in [4.69, 9.17) is 5.11 Å². The summed E-state index contributed by atoms with van der Waals surface area (Å²) in [7, 11) is 0. The van der Waals surface area contributed by atoms with Crippen molar-refractivity contribution in [2.45, 2.75) is 32.0 Å². The van der Waals surface area contributed by atoms with E-state index >= 15 is 0 Å². The Morgan fingerprint density at radius 3 is 2.58 bits per heavy atom. The molecule has 1 atom stereocenters. The highest BCUT2D eigenvalue weighted by Crippen LogP contribution is 2.31. The smallest absolute Gasteiger partial charge is 0.443 e. The van der Waals surface area contributed by atoms with Crippen molar-refractivity contribution in [1.82, 2.24) is 10.3 Å². The molecule has 1 amide bonds. The van der Waals surface area contributed by atoms with Gasteiger partial charge in [-0.05, 0) is 6.42 Å². The van der Waals surface area contributed by atoms with Crippen LogP contribution in [0.25, 0.3) is 0 Å². The SMILES string of the molecule is CCCC(NC(=O)c1csc(C(F)(F)F)n1)C(=O)O. The highest BCUT2D eigenvalue weighted by Gasteiger charge is 2.35. The largest absolute Gasteiger partial charge is 0.480 e. The van der Waals surface area contributed by atoms with Gasteiger partial charge in [-0.3, -0.25) is 4.79 Å². The fraction of sp³-hybridized carbons (Fsp3) is 0.500. The maximum Gasteiger partial charge on any atom is 0.443 e. The molecule has 0 spiro atoms. The molecule has 1 rings (SSSR count). The molecule has 0 fully saturated rings. The fourth-order valence-electron chi connectivity index (χ4n) is 1.29. The number of carboxylic acid groups (broad SMARTS) is 1. The molecule has 1 aromatic rings. The minimum absolute atomic E-state index is 0.192. The van der Waals surface area contributed by atoms with Gasteiger partial charge in [-0.15, -0.1) is 11.3 Å². The predicted molar refractivity (Wildman–Crippen MR) is 60.9 cm³/mol. The van der Waals surface area contributed by atoms with E-state index in [-0.39, 0.29) is 17.8 Å². The Kier molecular flexibility index (Phi) is 4.87. The lowest BCUT2D eigenvalue weighted by Gasteiger charge is -2.12. The van der Waals surface area contributed by atoms with Crippen molar-refractivity contribution in [3.05, 3.63) is 16.1 Å². The van der Waals surface area contributed by atoms with Gasteiger partial charge < -0.3 is 10.4 Å². The van der Waals surface area contributed by atoms with Crippen LogP contribution in [0.3, 0.4) is 0 Å². The number of carboxylic acids is 1. The zero-order chi connectivity index (χ0) is 14.6. The number of alkyl halides is 3. The van der Waals surface area contributed by atoms with Gasteiger partial charge in [-0.2, -0.15) is 13.2 Å². The van der Waals surface area contributed by atoms with E-state index in [1.807, 2.05) is 0 Å². The Morgan fingerprint density at radius 2 is 2.16 bits per heavy atom. The second-order valence-electron chi connectivity index (χ2n) is 3.69. The minimum Gasteiger partial charge on any atom is -0.480 e. The first-order valence-electron chi connectivity index (χ1n) is 5.32. The summed E-state index contributed by atoms with van der Waals surface area (Å²) in [6.45, 7) is 1.73. The van der Waals surface area contributed by atoms with Crippen molar-refractivity contribution in [1.29, 1.82) is 0 Å². The molecule has 5 nitrogen and oxygen atoms in total. The highest BCUT2D eigenvalue weighted by atomic mass is 32.1. The zero-order valence-corrected chi connectivity index (χ0v) is 10.6. The van der Waals surface area contributed by atoms with Gasteiger partial charge in [-0.25, -0.2) is 9.78 Å². The first-order chi connectivity index (χ1) is 8.75. The normalized spacial score (nSPS) is 13.1. The van der Waals surface area contributed by atoms with Crippen LogP contribution in [0.15, 0.2) is 5.38 Å². The molecule has 0 aliphatic rings. The third-order valence-electron chi connectivity index (χ3n) is 2.16. The van der Waals surface area contributed by atoms with Crippen molar-refractivity contribution < 1.29 is 27.9 Å².